The average molecular weight is 249 g/mol. The molecule has 0 saturated heterocycles. The van der Waals surface area contributed by atoms with Gasteiger partial charge in [0.25, 0.3) is 0 Å². The van der Waals surface area contributed by atoms with Gasteiger partial charge in [-0.2, -0.15) is 0 Å². The van der Waals surface area contributed by atoms with Gasteiger partial charge in [-0.25, -0.2) is 0 Å². The largest absolute Gasteiger partial charge is 0.308 e. The Hall–Kier alpha value is -0.560. The van der Waals surface area contributed by atoms with Gasteiger partial charge in [-0.3, -0.25) is 0 Å². The summed E-state index contributed by atoms with van der Waals surface area (Å²) in [7, 11) is 0. The standard InChI is InChI=1S/C13H15NS2/c1-2-8-15-9-7-14-12-10-16-13-6-4-3-5-11(12)13/h1,3-6,12,14H,7-10H2. The molecule has 1 nitrogen and oxygen atoms in total. The van der Waals surface area contributed by atoms with Crippen molar-refractivity contribution in [3.8, 4) is 12.3 Å². The molecule has 0 aliphatic carbocycles. The molecule has 0 radical (unpaired) electrons. The van der Waals surface area contributed by atoms with Gasteiger partial charge in [0.2, 0.25) is 0 Å². The summed E-state index contributed by atoms with van der Waals surface area (Å²) in [5.74, 6) is 5.70. The van der Waals surface area contributed by atoms with Crippen molar-refractivity contribution in [1.82, 2.24) is 5.32 Å². The van der Waals surface area contributed by atoms with Gasteiger partial charge in [-0.05, 0) is 11.6 Å². The minimum absolute atomic E-state index is 0.521. The van der Waals surface area contributed by atoms with Crippen molar-refractivity contribution in [2.24, 2.45) is 0 Å². The molecule has 1 N–H and O–H groups in total. The van der Waals surface area contributed by atoms with Crippen LogP contribution in [0.2, 0.25) is 0 Å². The van der Waals surface area contributed by atoms with Crippen LogP contribution in [0.15, 0.2) is 29.2 Å². The Kier molecular flexibility index (Phi) is 4.65. The first-order valence-electron chi connectivity index (χ1n) is 5.38. The van der Waals surface area contributed by atoms with Crippen LogP contribution in [-0.4, -0.2) is 23.8 Å². The molecule has 84 valence electrons. The van der Waals surface area contributed by atoms with Gasteiger partial charge in [0.15, 0.2) is 0 Å². The Labute approximate surface area is 106 Å². The Balaban J connectivity index is 1.78. The van der Waals surface area contributed by atoms with Gasteiger partial charge in [-0.1, -0.05) is 24.1 Å². The molecule has 0 fully saturated rings. The zero-order valence-corrected chi connectivity index (χ0v) is 10.7. The van der Waals surface area contributed by atoms with E-state index in [4.69, 9.17) is 6.42 Å². The highest BCUT2D eigenvalue weighted by Gasteiger charge is 2.21. The Morgan fingerprint density at radius 1 is 1.50 bits per heavy atom. The number of hydrogen-bond donors (Lipinski definition) is 1. The molecule has 1 atom stereocenters. The molecule has 3 heteroatoms. The van der Waals surface area contributed by atoms with E-state index in [1.807, 2.05) is 23.5 Å². The van der Waals surface area contributed by atoms with Crippen LogP contribution in [0.1, 0.15) is 11.6 Å². The second kappa shape index (κ2) is 6.24. The summed E-state index contributed by atoms with van der Waals surface area (Å²) < 4.78 is 0. The predicted octanol–water partition coefficient (Wildman–Crippen LogP) is 2.79. The van der Waals surface area contributed by atoms with Crippen molar-refractivity contribution in [2.45, 2.75) is 10.9 Å². The van der Waals surface area contributed by atoms with Crippen molar-refractivity contribution in [2.75, 3.05) is 23.8 Å². The Bertz CT molecular complexity index is 384. The number of hydrogen-bond acceptors (Lipinski definition) is 3. The van der Waals surface area contributed by atoms with Crippen LogP contribution in [0.4, 0.5) is 0 Å². The molecule has 0 spiro atoms. The molecule has 1 aliphatic heterocycles. The van der Waals surface area contributed by atoms with Crippen molar-refractivity contribution in [3.63, 3.8) is 0 Å². The Morgan fingerprint density at radius 3 is 3.25 bits per heavy atom. The van der Waals surface area contributed by atoms with Crippen LogP contribution in [0, 0.1) is 12.3 Å². The number of fused-ring (bicyclic) bond motifs is 1. The number of terminal acetylenes is 1. The SMILES string of the molecule is C#CCSCCNC1CSc2ccccc21. The lowest BCUT2D eigenvalue weighted by Gasteiger charge is -2.12. The maximum atomic E-state index is 5.20. The van der Waals surface area contributed by atoms with Gasteiger partial charge in [0, 0.05) is 29.0 Å². The fourth-order valence-electron chi connectivity index (χ4n) is 1.77. The maximum absolute atomic E-state index is 5.20. The molecule has 1 heterocycles. The highest BCUT2D eigenvalue weighted by atomic mass is 32.2. The summed E-state index contributed by atoms with van der Waals surface area (Å²) >= 11 is 3.76. The first kappa shape index (κ1) is 11.9. The first-order chi connectivity index (χ1) is 7.92. The lowest BCUT2D eigenvalue weighted by molar-refractivity contribution is 0.611. The molecule has 1 aromatic rings. The van der Waals surface area contributed by atoms with Crippen LogP contribution >= 0.6 is 23.5 Å². The summed E-state index contributed by atoms with van der Waals surface area (Å²) in [4.78, 5) is 1.43. The lowest BCUT2D eigenvalue weighted by Crippen LogP contribution is -2.23. The molecule has 16 heavy (non-hydrogen) atoms. The van der Waals surface area contributed by atoms with Crippen molar-refractivity contribution >= 4 is 23.5 Å². The highest BCUT2D eigenvalue weighted by Crippen LogP contribution is 2.37. The van der Waals surface area contributed by atoms with Gasteiger partial charge in [-0.15, -0.1) is 29.9 Å². The third kappa shape index (κ3) is 2.98. The van der Waals surface area contributed by atoms with E-state index in [0.717, 1.165) is 23.8 Å². The fourth-order valence-corrected chi connectivity index (χ4v) is 3.49. The van der Waals surface area contributed by atoms with Crippen LogP contribution in [0.25, 0.3) is 0 Å². The van der Waals surface area contributed by atoms with E-state index >= 15 is 0 Å². The van der Waals surface area contributed by atoms with Gasteiger partial charge < -0.3 is 5.32 Å². The third-order valence-electron chi connectivity index (χ3n) is 2.52. The van der Waals surface area contributed by atoms with E-state index in [2.05, 4.69) is 35.5 Å². The molecule has 1 aromatic carbocycles. The number of nitrogens with one attached hydrogen (secondary N) is 1. The van der Waals surface area contributed by atoms with Crippen molar-refractivity contribution in [3.05, 3.63) is 29.8 Å². The van der Waals surface area contributed by atoms with E-state index in [-0.39, 0.29) is 0 Å². The smallest absolute Gasteiger partial charge is 0.0545 e. The molecule has 0 saturated carbocycles. The maximum Gasteiger partial charge on any atom is 0.0545 e. The molecular weight excluding hydrogens is 234 g/mol. The van der Waals surface area contributed by atoms with Crippen LogP contribution in [0.3, 0.4) is 0 Å². The van der Waals surface area contributed by atoms with Crippen molar-refractivity contribution < 1.29 is 0 Å². The van der Waals surface area contributed by atoms with E-state index in [1.54, 1.807) is 0 Å². The van der Waals surface area contributed by atoms with Gasteiger partial charge in [0.05, 0.1) is 5.75 Å². The van der Waals surface area contributed by atoms with Gasteiger partial charge >= 0.3 is 0 Å². The molecule has 1 unspecified atom stereocenters. The quantitative estimate of drug-likeness (QED) is 0.636. The monoisotopic (exact) mass is 249 g/mol. The molecule has 0 aromatic heterocycles. The van der Waals surface area contributed by atoms with Crippen LogP contribution < -0.4 is 5.32 Å². The number of thioether (sulfide) groups is 2. The average Bonchev–Trinajstić information content (AvgIpc) is 2.73. The number of benzene rings is 1. The van der Waals surface area contributed by atoms with E-state index in [0.29, 0.717) is 6.04 Å². The first-order valence-corrected chi connectivity index (χ1v) is 7.52. The van der Waals surface area contributed by atoms with Gasteiger partial charge in [0.1, 0.15) is 0 Å². The third-order valence-corrected chi connectivity index (χ3v) is 4.57. The second-order valence-electron chi connectivity index (χ2n) is 3.61. The van der Waals surface area contributed by atoms with Crippen LogP contribution in [-0.2, 0) is 0 Å². The van der Waals surface area contributed by atoms with E-state index in [9.17, 15) is 0 Å². The number of rotatable bonds is 5. The molecule has 0 bridgehead atoms. The normalized spacial score (nSPS) is 18.1. The summed E-state index contributed by atoms with van der Waals surface area (Å²) in [6.45, 7) is 1.03. The minimum atomic E-state index is 0.521. The highest BCUT2D eigenvalue weighted by molar-refractivity contribution is 7.99. The topological polar surface area (TPSA) is 12.0 Å². The Morgan fingerprint density at radius 2 is 2.38 bits per heavy atom. The predicted molar refractivity (Wildman–Crippen MR) is 74.1 cm³/mol. The molecule has 0 amide bonds. The zero-order valence-electron chi connectivity index (χ0n) is 9.11. The summed E-state index contributed by atoms with van der Waals surface area (Å²) in [6.07, 6.45) is 5.20. The summed E-state index contributed by atoms with van der Waals surface area (Å²) in [5, 5.41) is 3.59. The second-order valence-corrected chi connectivity index (χ2v) is 5.78. The fraction of sp³-hybridized carbons (Fsp3) is 0.385. The summed E-state index contributed by atoms with van der Waals surface area (Å²) in [5.41, 5.74) is 1.45. The molecule has 1 aliphatic rings. The lowest BCUT2D eigenvalue weighted by atomic mass is 10.1. The van der Waals surface area contributed by atoms with E-state index in [1.165, 1.54) is 10.5 Å². The van der Waals surface area contributed by atoms with Crippen LogP contribution in [0.5, 0.6) is 0 Å². The summed E-state index contributed by atoms with van der Waals surface area (Å²) in [6, 6.07) is 9.17. The molecule has 2 rings (SSSR count). The minimum Gasteiger partial charge on any atom is -0.308 e. The van der Waals surface area contributed by atoms with Crippen molar-refractivity contribution in [1.29, 1.82) is 0 Å². The molecular formula is C13H15NS2. The zero-order chi connectivity index (χ0) is 11.2. The van der Waals surface area contributed by atoms with E-state index < -0.39 is 0 Å².